The average molecular weight is 464 g/mol. The van der Waals surface area contributed by atoms with E-state index < -0.39 is 0 Å². The minimum atomic E-state index is -0.283. The highest BCUT2D eigenvalue weighted by Gasteiger charge is 2.34. The van der Waals surface area contributed by atoms with E-state index >= 15 is 0 Å². The summed E-state index contributed by atoms with van der Waals surface area (Å²) in [6, 6.07) is 18.7. The molecule has 0 radical (unpaired) electrons. The summed E-state index contributed by atoms with van der Waals surface area (Å²) in [4.78, 5) is 17.7. The topological polar surface area (TPSA) is 63.5 Å². The van der Waals surface area contributed by atoms with Crippen LogP contribution in [0.2, 0.25) is 0 Å². The lowest BCUT2D eigenvalue weighted by atomic mass is 10.1. The van der Waals surface area contributed by atoms with Gasteiger partial charge < -0.3 is 14.5 Å². The Kier molecular flexibility index (Phi) is 6.37. The number of amides is 1. The van der Waals surface area contributed by atoms with E-state index in [0.717, 1.165) is 36.3 Å². The number of anilines is 2. The van der Waals surface area contributed by atoms with Crippen LogP contribution in [0.25, 0.3) is 0 Å². The van der Waals surface area contributed by atoms with Crippen LogP contribution in [0, 0.1) is 0 Å². The lowest BCUT2D eigenvalue weighted by molar-refractivity contribution is -0.118. The first-order valence-corrected chi connectivity index (χ1v) is 12.4. The largest absolute Gasteiger partial charge is 0.378 e. The van der Waals surface area contributed by atoms with Gasteiger partial charge in [0, 0.05) is 24.8 Å². The number of ether oxygens (including phenoxy) is 1. The molecule has 2 atom stereocenters. The maximum atomic E-state index is 13.5. The van der Waals surface area contributed by atoms with Gasteiger partial charge in [-0.25, -0.2) is 0 Å². The number of carbonyl (C=O) groups excluding carboxylic acids is 1. The maximum absolute atomic E-state index is 13.5. The molecule has 5 rings (SSSR count). The number of morpholine rings is 1. The van der Waals surface area contributed by atoms with Crippen LogP contribution in [-0.2, 0) is 22.5 Å². The first-order valence-electron chi connectivity index (χ1n) is 11.5. The highest BCUT2D eigenvalue weighted by molar-refractivity contribution is 8.00. The minimum absolute atomic E-state index is 0.111. The Morgan fingerprint density at radius 3 is 2.61 bits per heavy atom. The van der Waals surface area contributed by atoms with Crippen LogP contribution in [0.15, 0.2) is 59.8 Å². The number of fused-ring (bicyclic) bond motifs is 1. The van der Waals surface area contributed by atoms with Crippen LogP contribution >= 0.6 is 11.8 Å². The summed E-state index contributed by atoms with van der Waals surface area (Å²) in [6.07, 6.45) is 0.894. The van der Waals surface area contributed by atoms with Gasteiger partial charge in [-0.05, 0) is 37.5 Å². The average Bonchev–Trinajstić information content (AvgIpc) is 3.39. The van der Waals surface area contributed by atoms with E-state index in [1.807, 2.05) is 48.2 Å². The van der Waals surface area contributed by atoms with Gasteiger partial charge in [-0.2, -0.15) is 0 Å². The predicted octanol–water partition coefficient (Wildman–Crippen LogP) is 3.62. The molecular weight excluding hydrogens is 434 g/mol. The molecule has 2 aliphatic heterocycles. The van der Waals surface area contributed by atoms with Gasteiger partial charge in [0.25, 0.3) is 0 Å². The third-order valence-electron chi connectivity index (χ3n) is 6.25. The van der Waals surface area contributed by atoms with Crippen molar-refractivity contribution in [1.29, 1.82) is 0 Å². The van der Waals surface area contributed by atoms with E-state index in [-0.39, 0.29) is 17.2 Å². The molecule has 172 valence electrons. The molecule has 0 bridgehead atoms. The Bertz CT molecular complexity index is 1110. The number of thioether (sulfide) groups is 1. The number of nitrogens with zero attached hydrogens (tertiary/aromatic N) is 5. The first-order chi connectivity index (χ1) is 16.1. The molecule has 1 saturated heterocycles. The SMILES string of the molecule is CC(Sc1nnc(N2CCOCC2)n1Cc1ccccc1)C(=O)N1c2ccccc2CC1C. The second kappa shape index (κ2) is 9.57. The standard InChI is InChI=1S/C25H29N5O2S/c1-18-16-21-10-6-7-11-22(21)30(18)23(31)19(2)33-25-27-26-24(28-12-14-32-15-13-28)29(25)17-20-8-4-3-5-9-20/h3-11,18-19H,12-17H2,1-2H3. The molecule has 0 N–H and O–H groups in total. The minimum Gasteiger partial charge on any atom is -0.378 e. The number of para-hydroxylation sites is 1. The second-order valence-electron chi connectivity index (χ2n) is 8.60. The fraction of sp³-hybridized carbons (Fsp3) is 0.400. The van der Waals surface area contributed by atoms with Gasteiger partial charge >= 0.3 is 0 Å². The summed E-state index contributed by atoms with van der Waals surface area (Å²) in [5.41, 5.74) is 3.44. The van der Waals surface area contributed by atoms with Crippen LogP contribution in [0.3, 0.4) is 0 Å². The summed E-state index contributed by atoms with van der Waals surface area (Å²) in [7, 11) is 0. The molecule has 2 aromatic carbocycles. The van der Waals surface area contributed by atoms with E-state index in [2.05, 4.69) is 44.8 Å². The highest BCUT2D eigenvalue weighted by Crippen LogP contribution is 2.35. The third-order valence-corrected chi connectivity index (χ3v) is 7.32. The van der Waals surface area contributed by atoms with E-state index in [0.29, 0.717) is 19.8 Å². The molecule has 1 amide bonds. The maximum Gasteiger partial charge on any atom is 0.240 e. The Labute approximate surface area is 198 Å². The van der Waals surface area contributed by atoms with Crippen molar-refractivity contribution in [2.24, 2.45) is 0 Å². The fourth-order valence-electron chi connectivity index (χ4n) is 4.58. The second-order valence-corrected chi connectivity index (χ2v) is 9.91. The number of hydrogen-bond acceptors (Lipinski definition) is 6. The summed E-state index contributed by atoms with van der Waals surface area (Å²) < 4.78 is 7.66. The van der Waals surface area contributed by atoms with Crippen molar-refractivity contribution < 1.29 is 9.53 Å². The van der Waals surface area contributed by atoms with Crippen molar-refractivity contribution in [2.75, 3.05) is 36.1 Å². The molecule has 7 nitrogen and oxygen atoms in total. The van der Waals surface area contributed by atoms with Crippen LogP contribution in [-0.4, -0.2) is 58.3 Å². The molecule has 2 unspecified atom stereocenters. The van der Waals surface area contributed by atoms with Crippen molar-refractivity contribution in [2.45, 2.75) is 43.3 Å². The zero-order chi connectivity index (χ0) is 22.8. The number of aromatic nitrogens is 3. The van der Waals surface area contributed by atoms with Gasteiger partial charge in [-0.15, -0.1) is 10.2 Å². The van der Waals surface area contributed by atoms with Crippen LogP contribution in [0.4, 0.5) is 11.6 Å². The number of rotatable bonds is 6. The van der Waals surface area contributed by atoms with Crippen molar-refractivity contribution in [3.8, 4) is 0 Å². The third kappa shape index (κ3) is 4.50. The van der Waals surface area contributed by atoms with Crippen molar-refractivity contribution in [1.82, 2.24) is 14.8 Å². The lowest BCUT2D eigenvalue weighted by Crippen LogP contribution is -2.40. The Morgan fingerprint density at radius 2 is 1.82 bits per heavy atom. The molecule has 0 saturated carbocycles. The van der Waals surface area contributed by atoms with E-state index in [9.17, 15) is 4.79 Å². The highest BCUT2D eigenvalue weighted by atomic mass is 32.2. The van der Waals surface area contributed by atoms with Gasteiger partial charge in [0.15, 0.2) is 5.16 Å². The van der Waals surface area contributed by atoms with Gasteiger partial charge in [0.2, 0.25) is 11.9 Å². The molecule has 1 fully saturated rings. The quantitative estimate of drug-likeness (QED) is 0.521. The zero-order valence-corrected chi connectivity index (χ0v) is 19.9. The number of benzene rings is 2. The molecule has 33 heavy (non-hydrogen) atoms. The molecule has 0 aliphatic carbocycles. The Balaban J connectivity index is 1.40. The Hall–Kier alpha value is -2.84. The van der Waals surface area contributed by atoms with Crippen LogP contribution < -0.4 is 9.80 Å². The Morgan fingerprint density at radius 1 is 1.09 bits per heavy atom. The smallest absolute Gasteiger partial charge is 0.240 e. The van der Waals surface area contributed by atoms with E-state index in [1.165, 1.54) is 22.9 Å². The van der Waals surface area contributed by atoms with Crippen molar-refractivity contribution in [3.05, 3.63) is 65.7 Å². The molecule has 2 aliphatic rings. The monoisotopic (exact) mass is 463 g/mol. The fourth-order valence-corrected chi connectivity index (χ4v) is 5.47. The van der Waals surface area contributed by atoms with Gasteiger partial charge in [0.05, 0.1) is 25.0 Å². The zero-order valence-electron chi connectivity index (χ0n) is 19.1. The normalized spacial score (nSPS) is 18.9. The molecule has 1 aromatic heterocycles. The first kappa shape index (κ1) is 22.0. The number of hydrogen-bond donors (Lipinski definition) is 0. The van der Waals surface area contributed by atoms with Crippen LogP contribution in [0.1, 0.15) is 25.0 Å². The summed E-state index contributed by atoms with van der Waals surface area (Å²) in [5.74, 6) is 0.948. The summed E-state index contributed by atoms with van der Waals surface area (Å²) in [6.45, 7) is 7.68. The molecular formula is C25H29N5O2S. The van der Waals surface area contributed by atoms with Gasteiger partial charge in [-0.1, -0.05) is 60.3 Å². The lowest BCUT2D eigenvalue weighted by Gasteiger charge is -2.28. The molecule has 3 heterocycles. The van der Waals surface area contributed by atoms with Crippen LogP contribution in [0.5, 0.6) is 0 Å². The van der Waals surface area contributed by atoms with Gasteiger partial charge in [-0.3, -0.25) is 9.36 Å². The van der Waals surface area contributed by atoms with E-state index in [4.69, 9.17) is 4.74 Å². The molecule has 8 heteroatoms. The summed E-state index contributed by atoms with van der Waals surface area (Å²) in [5, 5.41) is 9.54. The number of carbonyl (C=O) groups is 1. The summed E-state index contributed by atoms with van der Waals surface area (Å²) >= 11 is 1.49. The predicted molar refractivity (Wildman–Crippen MR) is 131 cm³/mol. The van der Waals surface area contributed by atoms with E-state index in [1.54, 1.807) is 0 Å². The molecule has 3 aromatic rings. The molecule has 0 spiro atoms. The van der Waals surface area contributed by atoms with Gasteiger partial charge in [0.1, 0.15) is 0 Å². The van der Waals surface area contributed by atoms with Crippen molar-refractivity contribution >= 4 is 29.3 Å². The van der Waals surface area contributed by atoms with Crippen molar-refractivity contribution in [3.63, 3.8) is 0 Å².